The van der Waals surface area contributed by atoms with Crippen LogP contribution in [0.15, 0.2) is 66.3 Å². The maximum Gasteiger partial charge on any atom is 0.271 e. The van der Waals surface area contributed by atoms with Gasteiger partial charge in [0.2, 0.25) is 5.91 Å². The zero-order valence-electron chi connectivity index (χ0n) is 15.5. The third-order valence-electron chi connectivity index (χ3n) is 4.58. The smallest absolute Gasteiger partial charge is 0.271 e. The van der Waals surface area contributed by atoms with E-state index in [9.17, 15) is 14.0 Å². The minimum Gasteiger partial charge on any atom is -0.368 e. The summed E-state index contributed by atoms with van der Waals surface area (Å²) in [4.78, 5) is 28.5. The van der Waals surface area contributed by atoms with Crippen molar-refractivity contribution in [2.24, 2.45) is 10.8 Å². The van der Waals surface area contributed by atoms with Crippen molar-refractivity contribution in [3.63, 3.8) is 0 Å². The van der Waals surface area contributed by atoms with Gasteiger partial charge in [0.15, 0.2) is 0 Å². The number of nitrogens with one attached hydrogen (secondary N) is 1. The maximum absolute atomic E-state index is 13.2. The summed E-state index contributed by atoms with van der Waals surface area (Å²) in [5.41, 5.74) is 7.22. The molecule has 3 aromatic rings. The lowest BCUT2D eigenvalue weighted by molar-refractivity contribution is -0.119. The van der Waals surface area contributed by atoms with Gasteiger partial charge >= 0.3 is 0 Å². The lowest BCUT2D eigenvalue weighted by atomic mass is 10.1. The number of imidazole rings is 1. The number of hydrazone groups is 1. The second kappa shape index (κ2) is 7.96. The Kier molecular flexibility index (Phi) is 5.20. The molecular weight excluding hydrogens is 411 g/mol. The Labute approximate surface area is 175 Å². The van der Waals surface area contributed by atoms with Gasteiger partial charge in [-0.1, -0.05) is 11.6 Å². The molecule has 0 aliphatic carbocycles. The van der Waals surface area contributed by atoms with Gasteiger partial charge in [0.05, 0.1) is 22.7 Å². The average molecular weight is 427 g/mol. The fourth-order valence-electron chi connectivity index (χ4n) is 3.10. The van der Waals surface area contributed by atoms with E-state index in [1.165, 1.54) is 29.3 Å². The van der Waals surface area contributed by atoms with E-state index in [0.29, 0.717) is 22.1 Å². The fourth-order valence-corrected chi connectivity index (χ4v) is 3.38. The topological polar surface area (TPSA) is 106 Å². The predicted octanol–water partition coefficient (Wildman–Crippen LogP) is 2.72. The van der Waals surface area contributed by atoms with Crippen molar-refractivity contribution >= 4 is 40.5 Å². The third-order valence-corrected chi connectivity index (χ3v) is 4.88. The van der Waals surface area contributed by atoms with Crippen LogP contribution in [0.3, 0.4) is 0 Å². The molecular formula is C20H16ClFN6O2. The Morgan fingerprint density at radius 3 is 2.60 bits per heavy atom. The molecule has 3 N–H and O–H groups in total. The highest BCUT2D eigenvalue weighted by Crippen LogP contribution is 2.27. The fraction of sp³-hybridized carbons (Fsp3) is 0.100. The number of benzene rings is 2. The maximum atomic E-state index is 13.2. The largest absolute Gasteiger partial charge is 0.368 e. The first-order valence-corrected chi connectivity index (χ1v) is 9.31. The van der Waals surface area contributed by atoms with Crippen molar-refractivity contribution in [3.05, 3.63) is 72.0 Å². The van der Waals surface area contributed by atoms with E-state index in [2.05, 4.69) is 15.4 Å². The first kappa shape index (κ1) is 19.6. The van der Waals surface area contributed by atoms with Crippen molar-refractivity contribution in [2.45, 2.75) is 12.5 Å². The molecule has 0 fully saturated rings. The molecule has 10 heteroatoms. The molecule has 1 aliphatic heterocycles. The number of hydrogen-bond acceptors (Lipinski definition) is 5. The number of anilines is 2. The van der Waals surface area contributed by atoms with Crippen molar-refractivity contribution in [1.82, 2.24) is 9.55 Å². The van der Waals surface area contributed by atoms with E-state index >= 15 is 0 Å². The molecule has 1 aromatic heterocycles. The van der Waals surface area contributed by atoms with Gasteiger partial charge < -0.3 is 15.6 Å². The summed E-state index contributed by atoms with van der Waals surface area (Å²) in [7, 11) is 0. The average Bonchev–Trinajstić information content (AvgIpc) is 3.39. The van der Waals surface area contributed by atoms with Crippen LogP contribution in [0, 0.1) is 5.82 Å². The number of amides is 2. The standard InChI is InChI=1S/C20H16ClFN6O2/c21-15-9-13(3-6-17(15)27-8-7-24-11-27)25-20(30)16-10-18(19(23)29)28(26-16)14-4-1-12(22)2-5-14/h1-9,11,18H,10H2,(H2,23,29)(H,25,30). The summed E-state index contributed by atoms with van der Waals surface area (Å²) in [5, 5.41) is 8.70. The van der Waals surface area contributed by atoms with Gasteiger partial charge in [0.1, 0.15) is 17.6 Å². The lowest BCUT2D eigenvalue weighted by Gasteiger charge is -2.20. The minimum atomic E-state index is -0.844. The van der Waals surface area contributed by atoms with Crippen molar-refractivity contribution in [3.8, 4) is 5.69 Å². The summed E-state index contributed by atoms with van der Waals surface area (Å²) in [6, 6.07) is 9.60. The van der Waals surface area contributed by atoms with Crippen LogP contribution in [0.1, 0.15) is 6.42 Å². The van der Waals surface area contributed by atoms with Crippen LogP contribution in [0.4, 0.5) is 15.8 Å². The van der Waals surface area contributed by atoms with Crippen LogP contribution < -0.4 is 16.1 Å². The molecule has 2 amide bonds. The van der Waals surface area contributed by atoms with Crippen LogP contribution in [-0.4, -0.2) is 33.1 Å². The number of nitrogens with two attached hydrogens (primary N) is 1. The molecule has 0 saturated carbocycles. The van der Waals surface area contributed by atoms with E-state index in [1.807, 2.05) is 0 Å². The highest BCUT2D eigenvalue weighted by molar-refractivity contribution is 6.44. The van der Waals surface area contributed by atoms with Crippen molar-refractivity contribution in [1.29, 1.82) is 0 Å². The Bertz CT molecular complexity index is 1130. The zero-order chi connectivity index (χ0) is 21.3. The molecule has 1 atom stereocenters. The number of hydrogen-bond donors (Lipinski definition) is 2. The molecule has 1 aliphatic rings. The van der Waals surface area contributed by atoms with Gasteiger partial charge in [-0.2, -0.15) is 5.10 Å². The van der Waals surface area contributed by atoms with Crippen molar-refractivity contribution in [2.75, 3.05) is 10.3 Å². The molecule has 1 unspecified atom stereocenters. The van der Waals surface area contributed by atoms with E-state index in [4.69, 9.17) is 17.3 Å². The Balaban J connectivity index is 1.54. The number of carbonyl (C=O) groups excluding carboxylic acids is 2. The summed E-state index contributed by atoms with van der Waals surface area (Å²) >= 11 is 6.31. The van der Waals surface area contributed by atoms with Crippen molar-refractivity contribution < 1.29 is 14.0 Å². The Morgan fingerprint density at radius 2 is 1.97 bits per heavy atom. The van der Waals surface area contributed by atoms with Gasteiger partial charge in [0.25, 0.3) is 5.91 Å². The van der Waals surface area contributed by atoms with Crippen LogP contribution >= 0.6 is 11.6 Å². The molecule has 8 nitrogen and oxygen atoms in total. The van der Waals surface area contributed by atoms with Crippen LogP contribution in [0.25, 0.3) is 5.69 Å². The molecule has 30 heavy (non-hydrogen) atoms. The van der Waals surface area contributed by atoms with E-state index < -0.39 is 23.7 Å². The zero-order valence-corrected chi connectivity index (χ0v) is 16.3. The number of primary amides is 1. The third kappa shape index (κ3) is 3.87. The molecule has 0 radical (unpaired) electrons. The molecule has 4 rings (SSSR count). The van der Waals surface area contributed by atoms with Gasteiger partial charge in [-0.3, -0.25) is 14.6 Å². The first-order valence-electron chi connectivity index (χ1n) is 8.93. The second-order valence-electron chi connectivity index (χ2n) is 6.58. The molecule has 2 aromatic carbocycles. The van der Waals surface area contributed by atoms with Crippen LogP contribution in [0.2, 0.25) is 5.02 Å². The Morgan fingerprint density at radius 1 is 1.20 bits per heavy atom. The Hall–Kier alpha value is -3.72. The quantitative estimate of drug-likeness (QED) is 0.654. The summed E-state index contributed by atoms with van der Waals surface area (Å²) < 4.78 is 14.9. The normalized spacial score (nSPS) is 15.7. The van der Waals surface area contributed by atoms with E-state index in [1.54, 1.807) is 41.5 Å². The number of aromatic nitrogens is 2. The number of rotatable bonds is 5. The summed E-state index contributed by atoms with van der Waals surface area (Å²) in [6.45, 7) is 0. The molecule has 2 heterocycles. The SMILES string of the molecule is NC(=O)C1CC(C(=O)Nc2ccc(-n3ccnc3)c(Cl)c2)=NN1c1ccc(F)cc1. The van der Waals surface area contributed by atoms with Gasteiger partial charge in [-0.25, -0.2) is 9.37 Å². The van der Waals surface area contributed by atoms with Gasteiger partial charge in [-0.05, 0) is 42.5 Å². The molecule has 0 saturated heterocycles. The van der Waals surface area contributed by atoms with Crippen LogP contribution in [0.5, 0.6) is 0 Å². The van der Waals surface area contributed by atoms with E-state index in [-0.39, 0.29) is 12.1 Å². The van der Waals surface area contributed by atoms with E-state index in [0.717, 1.165) is 0 Å². The summed E-state index contributed by atoms with van der Waals surface area (Å²) in [5.74, 6) is -1.55. The molecule has 0 bridgehead atoms. The van der Waals surface area contributed by atoms with Gasteiger partial charge in [0, 0.05) is 24.5 Å². The second-order valence-corrected chi connectivity index (χ2v) is 6.99. The lowest BCUT2D eigenvalue weighted by Crippen LogP contribution is -2.39. The minimum absolute atomic E-state index is 0.0272. The number of nitrogens with zero attached hydrogens (tertiary/aromatic N) is 4. The van der Waals surface area contributed by atoms with Crippen LogP contribution in [-0.2, 0) is 9.59 Å². The summed E-state index contributed by atoms with van der Waals surface area (Å²) in [6.07, 6.45) is 5.02. The highest BCUT2D eigenvalue weighted by Gasteiger charge is 2.35. The number of halogens is 2. The van der Waals surface area contributed by atoms with Gasteiger partial charge in [-0.15, -0.1) is 0 Å². The monoisotopic (exact) mass is 426 g/mol. The predicted molar refractivity (Wildman–Crippen MR) is 111 cm³/mol. The molecule has 152 valence electrons. The molecule has 0 spiro atoms. The number of carbonyl (C=O) groups is 2. The highest BCUT2D eigenvalue weighted by atomic mass is 35.5. The first-order chi connectivity index (χ1) is 14.4.